The Labute approximate surface area is 151 Å². The minimum atomic E-state index is -0.434. The smallest absolute Gasteiger partial charge is 0.357 e. The molecule has 0 saturated carbocycles. The summed E-state index contributed by atoms with van der Waals surface area (Å²) in [7, 11) is 0. The second kappa shape index (κ2) is 9.17. The van der Waals surface area contributed by atoms with Gasteiger partial charge in [0.25, 0.3) is 0 Å². The first-order chi connectivity index (χ1) is 12.0. The molecule has 7 heteroatoms. The zero-order valence-electron chi connectivity index (χ0n) is 14.7. The van der Waals surface area contributed by atoms with Crippen molar-refractivity contribution in [1.82, 2.24) is 9.88 Å². The van der Waals surface area contributed by atoms with Crippen LogP contribution in [0.15, 0.2) is 29.6 Å². The lowest BCUT2D eigenvalue weighted by molar-refractivity contribution is 0.0520. The number of esters is 1. The molecule has 0 unspecified atom stereocenters. The molecule has 0 aliphatic carbocycles. The Morgan fingerprint density at radius 1 is 1.24 bits per heavy atom. The van der Waals surface area contributed by atoms with Crippen LogP contribution in [0, 0.1) is 6.92 Å². The van der Waals surface area contributed by atoms with Crippen molar-refractivity contribution in [3.63, 3.8) is 0 Å². The molecule has 2 rings (SSSR count). The zero-order valence-corrected chi connectivity index (χ0v) is 15.6. The molecule has 25 heavy (non-hydrogen) atoms. The molecular formula is C18H23N3O3S. The summed E-state index contributed by atoms with van der Waals surface area (Å²) >= 11 is 1.35. The summed E-state index contributed by atoms with van der Waals surface area (Å²) < 4.78 is 4.94. The molecule has 0 bridgehead atoms. The molecule has 1 N–H and O–H groups in total. The number of anilines is 1. The fourth-order valence-corrected chi connectivity index (χ4v) is 2.99. The summed E-state index contributed by atoms with van der Waals surface area (Å²) in [5.74, 6) is -0.434. The number of benzene rings is 1. The van der Waals surface area contributed by atoms with Gasteiger partial charge >= 0.3 is 12.0 Å². The standard InChI is InChI=1S/C18H23N3O3S/c1-4-10-21(18(23)19-14-8-6-13(3)7-9-14)11-16-20-15(12-25-16)17(22)24-5-2/h6-9,12H,4-5,10-11H2,1-3H3,(H,19,23). The van der Waals surface area contributed by atoms with E-state index in [1.807, 2.05) is 38.1 Å². The zero-order chi connectivity index (χ0) is 18.2. The van der Waals surface area contributed by atoms with Crippen molar-refractivity contribution in [3.05, 3.63) is 45.9 Å². The molecule has 0 atom stereocenters. The summed E-state index contributed by atoms with van der Waals surface area (Å²) in [6.07, 6.45) is 0.831. The molecule has 2 aromatic rings. The monoisotopic (exact) mass is 361 g/mol. The molecular weight excluding hydrogens is 338 g/mol. The van der Waals surface area contributed by atoms with Crippen LogP contribution in [0.5, 0.6) is 0 Å². The maximum atomic E-state index is 12.5. The third-order valence-electron chi connectivity index (χ3n) is 3.45. The third kappa shape index (κ3) is 5.56. The van der Waals surface area contributed by atoms with Crippen molar-refractivity contribution in [3.8, 4) is 0 Å². The van der Waals surface area contributed by atoms with Gasteiger partial charge in [-0.25, -0.2) is 14.6 Å². The molecule has 0 aliphatic heterocycles. The van der Waals surface area contributed by atoms with Gasteiger partial charge in [-0.15, -0.1) is 11.3 Å². The van der Waals surface area contributed by atoms with Crippen molar-refractivity contribution in [2.24, 2.45) is 0 Å². The number of urea groups is 1. The quantitative estimate of drug-likeness (QED) is 0.755. The van der Waals surface area contributed by atoms with Crippen LogP contribution in [0.1, 0.15) is 41.3 Å². The number of thiazole rings is 1. The molecule has 1 heterocycles. The number of amides is 2. The average molecular weight is 361 g/mol. The Hall–Kier alpha value is -2.41. The summed E-state index contributed by atoms with van der Waals surface area (Å²) in [5.41, 5.74) is 2.18. The van der Waals surface area contributed by atoms with Gasteiger partial charge in [0, 0.05) is 17.6 Å². The molecule has 0 radical (unpaired) electrons. The highest BCUT2D eigenvalue weighted by Crippen LogP contribution is 2.15. The predicted octanol–water partition coefficient (Wildman–Crippen LogP) is 4.07. The van der Waals surface area contributed by atoms with E-state index in [1.54, 1.807) is 17.2 Å². The van der Waals surface area contributed by atoms with E-state index in [2.05, 4.69) is 10.3 Å². The lowest BCUT2D eigenvalue weighted by atomic mass is 10.2. The van der Waals surface area contributed by atoms with Crippen LogP contribution in [0.25, 0.3) is 0 Å². The maximum absolute atomic E-state index is 12.5. The number of hydrogen-bond acceptors (Lipinski definition) is 5. The second-order valence-corrected chi connectivity index (χ2v) is 6.51. The minimum Gasteiger partial charge on any atom is -0.461 e. The molecule has 1 aromatic carbocycles. The Bertz CT molecular complexity index is 713. The summed E-state index contributed by atoms with van der Waals surface area (Å²) in [6.45, 7) is 7.04. The van der Waals surface area contributed by atoms with Gasteiger partial charge in [-0.2, -0.15) is 0 Å². The molecule has 134 valence electrons. The van der Waals surface area contributed by atoms with Gasteiger partial charge in [-0.3, -0.25) is 0 Å². The first-order valence-corrected chi connectivity index (χ1v) is 9.15. The van der Waals surface area contributed by atoms with Crippen LogP contribution in [0.4, 0.5) is 10.5 Å². The molecule has 1 aromatic heterocycles. The van der Waals surface area contributed by atoms with E-state index in [4.69, 9.17) is 4.74 Å². The van der Waals surface area contributed by atoms with Crippen molar-refractivity contribution in [2.75, 3.05) is 18.5 Å². The van der Waals surface area contributed by atoms with E-state index in [9.17, 15) is 9.59 Å². The largest absolute Gasteiger partial charge is 0.461 e. The second-order valence-electron chi connectivity index (χ2n) is 5.56. The fraction of sp³-hybridized carbons (Fsp3) is 0.389. The molecule has 6 nitrogen and oxygen atoms in total. The normalized spacial score (nSPS) is 10.4. The van der Waals surface area contributed by atoms with Crippen molar-refractivity contribution < 1.29 is 14.3 Å². The van der Waals surface area contributed by atoms with Crippen molar-refractivity contribution in [2.45, 2.75) is 33.7 Å². The van der Waals surface area contributed by atoms with Crippen LogP contribution in [0.3, 0.4) is 0 Å². The van der Waals surface area contributed by atoms with Crippen LogP contribution < -0.4 is 5.32 Å². The number of nitrogens with one attached hydrogen (secondary N) is 1. The van der Waals surface area contributed by atoms with E-state index in [0.29, 0.717) is 24.7 Å². The first kappa shape index (κ1) is 18.9. The number of aromatic nitrogens is 1. The molecule has 2 amide bonds. The van der Waals surface area contributed by atoms with Gasteiger partial charge in [0.05, 0.1) is 13.2 Å². The number of hydrogen-bond donors (Lipinski definition) is 1. The Morgan fingerprint density at radius 2 is 1.96 bits per heavy atom. The molecule has 0 spiro atoms. The Kier molecular flexibility index (Phi) is 6.94. The van der Waals surface area contributed by atoms with Crippen LogP contribution in [0.2, 0.25) is 0 Å². The third-order valence-corrected chi connectivity index (χ3v) is 4.28. The lowest BCUT2D eigenvalue weighted by Gasteiger charge is -2.21. The number of aryl methyl sites for hydroxylation is 1. The van der Waals surface area contributed by atoms with E-state index >= 15 is 0 Å². The number of carbonyl (C=O) groups is 2. The maximum Gasteiger partial charge on any atom is 0.357 e. The average Bonchev–Trinajstić information content (AvgIpc) is 3.05. The van der Waals surface area contributed by atoms with Gasteiger partial charge < -0.3 is 15.0 Å². The molecule has 0 saturated heterocycles. The topological polar surface area (TPSA) is 71.5 Å². The Morgan fingerprint density at radius 3 is 2.60 bits per heavy atom. The summed E-state index contributed by atoms with van der Waals surface area (Å²) in [4.78, 5) is 30.2. The molecule has 0 aliphatic rings. The highest BCUT2D eigenvalue weighted by atomic mass is 32.1. The van der Waals surface area contributed by atoms with Crippen molar-refractivity contribution in [1.29, 1.82) is 0 Å². The van der Waals surface area contributed by atoms with Crippen molar-refractivity contribution >= 4 is 29.0 Å². The van der Waals surface area contributed by atoms with Crippen LogP contribution in [-0.4, -0.2) is 35.0 Å². The van der Waals surface area contributed by atoms with E-state index < -0.39 is 5.97 Å². The van der Waals surface area contributed by atoms with E-state index in [0.717, 1.165) is 17.7 Å². The summed E-state index contributed by atoms with van der Waals surface area (Å²) in [6, 6.07) is 7.47. The predicted molar refractivity (Wildman–Crippen MR) is 99.0 cm³/mol. The highest BCUT2D eigenvalue weighted by molar-refractivity contribution is 7.09. The fourth-order valence-electron chi connectivity index (χ4n) is 2.21. The van der Waals surface area contributed by atoms with Gasteiger partial charge in [0.1, 0.15) is 5.01 Å². The number of carbonyl (C=O) groups excluding carboxylic acids is 2. The first-order valence-electron chi connectivity index (χ1n) is 8.27. The number of nitrogens with zero attached hydrogens (tertiary/aromatic N) is 2. The van der Waals surface area contributed by atoms with Gasteiger partial charge in [-0.1, -0.05) is 24.6 Å². The van der Waals surface area contributed by atoms with Gasteiger partial charge in [-0.05, 0) is 32.4 Å². The SMILES string of the molecule is CCCN(Cc1nc(C(=O)OCC)cs1)C(=O)Nc1ccc(C)cc1. The number of rotatable bonds is 7. The molecule has 0 fully saturated rings. The summed E-state index contributed by atoms with van der Waals surface area (Å²) in [5, 5.41) is 5.26. The Balaban J connectivity index is 2.03. The minimum absolute atomic E-state index is 0.182. The van der Waals surface area contributed by atoms with Gasteiger partial charge in [0.2, 0.25) is 0 Å². The van der Waals surface area contributed by atoms with Crippen LogP contribution >= 0.6 is 11.3 Å². The van der Waals surface area contributed by atoms with Gasteiger partial charge in [0.15, 0.2) is 5.69 Å². The van der Waals surface area contributed by atoms with Crippen LogP contribution in [-0.2, 0) is 11.3 Å². The highest BCUT2D eigenvalue weighted by Gasteiger charge is 2.17. The number of ether oxygens (including phenoxy) is 1. The van der Waals surface area contributed by atoms with E-state index in [-0.39, 0.29) is 11.7 Å². The lowest BCUT2D eigenvalue weighted by Crippen LogP contribution is -2.35. The van der Waals surface area contributed by atoms with E-state index in [1.165, 1.54) is 11.3 Å².